The van der Waals surface area contributed by atoms with E-state index in [2.05, 4.69) is 23.3 Å². The third-order valence-corrected chi connectivity index (χ3v) is 7.06. The Labute approximate surface area is 194 Å². The van der Waals surface area contributed by atoms with Gasteiger partial charge in [-0.25, -0.2) is 0 Å². The Morgan fingerprint density at radius 1 is 0.939 bits per heavy atom. The Bertz CT molecular complexity index is 1180. The minimum Gasteiger partial charge on any atom is -0.338 e. The van der Waals surface area contributed by atoms with Crippen LogP contribution >= 0.6 is 0 Å². The largest absolute Gasteiger partial charge is 0.338 e. The summed E-state index contributed by atoms with van der Waals surface area (Å²) in [5, 5.41) is 4.65. The molecule has 3 aromatic rings. The average Bonchev–Trinajstić information content (AvgIpc) is 3.39. The summed E-state index contributed by atoms with van der Waals surface area (Å²) in [5.41, 5.74) is 5.82. The number of aromatic nitrogens is 2. The number of hydrogen-bond donors (Lipinski definition) is 0. The fourth-order valence-corrected chi connectivity index (χ4v) is 5.19. The van der Waals surface area contributed by atoms with Gasteiger partial charge in [-0.15, -0.1) is 0 Å². The van der Waals surface area contributed by atoms with Gasteiger partial charge in [-0.1, -0.05) is 48.5 Å². The predicted octanol–water partition coefficient (Wildman–Crippen LogP) is 3.99. The molecule has 1 aromatic heterocycles. The summed E-state index contributed by atoms with van der Waals surface area (Å²) in [7, 11) is 0. The molecular weight excluding hydrogens is 412 g/mol. The highest BCUT2D eigenvalue weighted by atomic mass is 16.2. The lowest BCUT2D eigenvalue weighted by molar-refractivity contribution is -0.123. The van der Waals surface area contributed by atoms with Gasteiger partial charge < -0.3 is 9.80 Å². The average molecular weight is 443 g/mol. The summed E-state index contributed by atoms with van der Waals surface area (Å²) < 4.78 is 1.92. The quantitative estimate of drug-likeness (QED) is 0.614. The van der Waals surface area contributed by atoms with Gasteiger partial charge in [-0.3, -0.25) is 14.3 Å². The molecule has 0 unspecified atom stereocenters. The Morgan fingerprint density at radius 2 is 1.64 bits per heavy atom. The van der Waals surface area contributed by atoms with E-state index in [9.17, 15) is 9.59 Å². The first-order valence-electron chi connectivity index (χ1n) is 11.8. The molecule has 0 N–H and O–H groups in total. The number of para-hydroxylation sites is 1. The van der Waals surface area contributed by atoms with E-state index in [1.165, 1.54) is 5.56 Å². The first-order valence-corrected chi connectivity index (χ1v) is 11.8. The maximum atomic E-state index is 13.4. The van der Waals surface area contributed by atoms with Gasteiger partial charge in [0.2, 0.25) is 5.91 Å². The fraction of sp³-hybridized carbons (Fsp3) is 0.370. The number of piperidine rings is 1. The smallest absolute Gasteiger partial charge is 0.257 e. The Morgan fingerprint density at radius 3 is 2.39 bits per heavy atom. The van der Waals surface area contributed by atoms with E-state index in [-0.39, 0.29) is 17.7 Å². The minimum atomic E-state index is -0.0248. The summed E-state index contributed by atoms with van der Waals surface area (Å²) in [4.78, 5) is 30.4. The van der Waals surface area contributed by atoms with E-state index in [0.29, 0.717) is 38.0 Å². The van der Waals surface area contributed by atoms with Crippen LogP contribution in [0.1, 0.15) is 45.7 Å². The van der Waals surface area contributed by atoms with Gasteiger partial charge in [0.15, 0.2) is 0 Å². The second-order valence-electron chi connectivity index (χ2n) is 9.12. The standard InChI is InChI=1S/C27H30N4O2/c1-19-25(20(2)31(28-19)18-21-8-4-3-5-9-21)27(33)29-15-12-23(13-16-29)26(32)30-17-14-22-10-6-7-11-24(22)30/h3-11,23H,12-18H2,1-2H3. The van der Waals surface area contributed by atoms with E-state index < -0.39 is 0 Å². The summed E-state index contributed by atoms with van der Waals surface area (Å²) in [5.74, 6) is 0.208. The molecule has 6 nitrogen and oxygen atoms in total. The molecule has 6 heteroatoms. The first kappa shape index (κ1) is 21.4. The Hall–Kier alpha value is -3.41. The van der Waals surface area contributed by atoms with Crippen LogP contribution in [0.15, 0.2) is 54.6 Å². The number of aryl methyl sites for hydroxylation is 1. The molecule has 0 bridgehead atoms. The van der Waals surface area contributed by atoms with Crippen molar-refractivity contribution in [3.05, 3.63) is 82.7 Å². The molecule has 3 heterocycles. The minimum absolute atomic E-state index is 0.0248. The van der Waals surface area contributed by atoms with Gasteiger partial charge in [0.1, 0.15) is 0 Å². The van der Waals surface area contributed by atoms with Gasteiger partial charge in [-0.05, 0) is 50.3 Å². The first-order chi connectivity index (χ1) is 16.0. The van der Waals surface area contributed by atoms with Crippen LogP contribution in [0.5, 0.6) is 0 Å². The van der Waals surface area contributed by atoms with Crippen LogP contribution in [0.3, 0.4) is 0 Å². The maximum Gasteiger partial charge on any atom is 0.257 e. The van der Waals surface area contributed by atoms with Crippen molar-refractivity contribution in [2.75, 3.05) is 24.5 Å². The summed E-state index contributed by atoms with van der Waals surface area (Å²) in [6.07, 6.45) is 2.34. The number of fused-ring (bicyclic) bond motifs is 1. The van der Waals surface area contributed by atoms with Gasteiger partial charge >= 0.3 is 0 Å². The van der Waals surface area contributed by atoms with Crippen molar-refractivity contribution in [2.24, 2.45) is 5.92 Å². The normalized spacial score (nSPS) is 16.2. The monoisotopic (exact) mass is 442 g/mol. The number of amides is 2. The maximum absolute atomic E-state index is 13.4. The third-order valence-electron chi connectivity index (χ3n) is 7.06. The molecule has 0 saturated carbocycles. The van der Waals surface area contributed by atoms with E-state index in [1.54, 1.807) is 0 Å². The molecule has 0 radical (unpaired) electrons. The van der Waals surface area contributed by atoms with Crippen LogP contribution < -0.4 is 4.90 Å². The lowest BCUT2D eigenvalue weighted by Crippen LogP contribution is -2.44. The summed E-state index contributed by atoms with van der Waals surface area (Å²) in [6, 6.07) is 18.3. The number of rotatable bonds is 4. The lowest BCUT2D eigenvalue weighted by atomic mass is 9.94. The Balaban J connectivity index is 1.24. The van der Waals surface area contributed by atoms with Crippen molar-refractivity contribution in [3.63, 3.8) is 0 Å². The van der Waals surface area contributed by atoms with Crippen LogP contribution in [0.2, 0.25) is 0 Å². The number of anilines is 1. The van der Waals surface area contributed by atoms with Crippen molar-refractivity contribution in [1.29, 1.82) is 0 Å². The molecule has 5 rings (SSSR count). The highest BCUT2D eigenvalue weighted by Gasteiger charge is 2.34. The van der Waals surface area contributed by atoms with E-state index in [4.69, 9.17) is 0 Å². The second kappa shape index (κ2) is 8.85. The number of likely N-dealkylation sites (tertiary alicyclic amines) is 1. The molecule has 0 atom stereocenters. The highest BCUT2D eigenvalue weighted by molar-refractivity contribution is 5.98. The molecule has 2 amide bonds. The van der Waals surface area contributed by atoms with E-state index in [1.807, 2.05) is 64.7 Å². The van der Waals surface area contributed by atoms with Gasteiger partial charge in [-0.2, -0.15) is 5.10 Å². The molecule has 2 aliphatic rings. The van der Waals surface area contributed by atoms with Crippen molar-refractivity contribution < 1.29 is 9.59 Å². The summed E-state index contributed by atoms with van der Waals surface area (Å²) >= 11 is 0. The zero-order valence-corrected chi connectivity index (χ0v) is 19.3. The van der Waals surface area contributed by atoms with Crippen LogP contribution in [0.25, 0.3) is 0 Å². The molecule has 170 valence electrons. The zero-order chi connectivity index (χ0) is 22.9. The number of benzene rings is 2. The van der Waals surface area contributed by atoms with E-state index >= 15 is 0 Å². The molecule has 1 fully saturated rings. The zero-order valence-electron chi connectivity index (χ0n) is 19.3. The highest BCUT2D eigenvalue weighted by Crippen LogP contribution is 2.31. The Kier molecular flexibility index (Phi) is 5.75. The van der Waals surface area contributed by atoms with Crippen molar-refractivity contribution in [2.45, 2.75) is 39.7 Å². The van der Waals surface area contributed by atoms with Crippen LogP contribution in [-0.4, -0.2) is 46.1 Å². The second-order valence-corrected chi connectivity index (χ2v) is 9.12. The van der Waals surface area contributed by atoms with Crippen LogP contribution in [0, 0.1) is 19.8 Å². The lowest BCUT2D eigenvalue weighted by Gasteiger charge is -2.33. The van der Waals surface area contributed by atoms with Gasteiger partial charge in [0.25, 0.3) is 5.91 Å². The molecule has 2 aromatic carbocycles. The van der Waals surface area contributed by atoms with Gasteiger partial charge in [0, 0.05) is 36.9 Å². The van der Waals surface area contributed by atoms with E-state index in [0.717, 1.165) is 35.6 Å². The van der Waals surface area contributed by atoms with Crippen molar-refractivity contribution in [3.8, 4) is 0 Å². The number of carbonyl (C=O) groups is 2. The van der Waals surface area contributed by atoms with Crippen molar-refractivity contribution in [1.82, 2.24) is 14.7 Å². The van der Waals surface area contributed by atoms with Crippen LogP contribution in [0.4, 0.5) is 5.69 Å². The fourth-order valence-electron chi connectivity index (χ4n) is 5.19. The molecular formula is C27H30N4O2. The molecule has 1 saturated heterocycles. The van der Waals surface area contributed by atoms with Crippen molar-refractivity contribution >= 4 is 17.5 Å². The number of hydrogen-bond acceptors (Lipinski definition) is 3. The molecule has 33 heavy (non-hydrogen) atoms. The molecule has 2 aliphatic heterocycles. The molecule has 0 aliphatic carbocycles. The van der Waals surface area contributed by atoms with Gasteiger partial charge in [0.05, 0.1) is 17.8 Å². The topological polar surface area (TPSA) is 58.4 Å². The summed E-state index contributed by atoms with van der Waals surface area (Å²) in [6.45, 7) is 6.49. The van der Waals surface area contributed by atoms with Crippen LogP contribution in [-0.2, 0) is 17.8 Å². The number of nitrogens with zero attached hydrogens (tertiary/aromatic N) is 4. The third kappa shape index (κ3) is 4.06. The SMILES string of the molecule is Cc1nn(Cc2ccccc2)c(C)c1C(=O)N1CCC(C(=O)N2CCc3ccccc32)CC1. The predicted molar refractivity (Wildman–Crippen MR) is 128 cm³/mol. The molecule has 0 spiro atoms. The number of carbonyl (C=O) groups excluding carboxylic acids is 2.